The number of hydrogen-bond acceptors (Lipinski definition) is 1. The molecule has 4 heteroatoms. The number of hydrogen-bond donors (Lipinski definition) is 0. The molecule has 0 aromatic heterocycles. The van der Waals surface area contributed by atoms with Crippen LogP contribution in [0.5, 0.6) is 5.75 Å². The van der Waals surface area contributed by atoms with Gasteiger partial charge in [-0.2, -0.15) is 8.78 Å². The lowest BCUT2D eigenvalue weighted by atomic mass is 10.3. The van der Waals surface area contributed by atoms with E-state index in [1.165, 1.54) is 18.2 Å². The molecule has 0 aliphatic carbocycles. The summed E-state index contributed by atoms with van der Waals surface area (Å²) in [6.07, 6.45) is -3.75. The Morgan fingerprint density at radius 3 is 2.67 bits per heavy atom. The van der Waals surface area contributed by atoms with Crippen LogP contribution in [0.1, 0.15) is 0 Å². The van der Waals surface area contributed by atoms with Crippen molar-refractivity contribution in [3.8, 4) is 5.75 Å². The van der Waals surface area contributed by atoms with E-state index in [4.69, 9.17) is 0 Å². The fourth-order valence-electron chi connectivity index (χ4n) is 0.628. The van der Waals surface area contributed by atoms with Crippen LogP contribution < -0.4 is 4.74 Å². The van der Waals surface area contributed by atoms with Gasteiger partial charge in [0.15, 0.2) is 6.67 Å². The van der Waals surface area contributed by atoms with Crippen molar-refractivity contribution in [3.05, 3.63) is 30.3 Å². The molecule has 0 aliphatic rings. The van der Waals surface area contributed by atoms with Gasteiger partial charge < -0.3 is 4.74 Å². The minimum Gasteiger partial charge on any atom is -0.430 e. The number of halogens is 3. The van der Waals surface area contributed by atoms with E-state index in [0.29, 0.717) is 0 Å². The van der Waals surface area contributed by atoms with Crippen molar-refractivity contribution in [2.24, 2.45) is 0 Å². The van der Waals surface area contributed by atoms with Crippen LogP contribution in [0.4, 0.5) is 13.2 Å². The molecule has 0 amide bonds. The van der Waals surface area contributed by atoms with E-state index in [1.807, 2.05) is 0 Å². The molecule has 1 nitrogen and oxygen atoms in total. The van der Waals surface area contributed by atoms with Crippen LogP contribution in [0.2, 0.25) is 0 Å². The number of ether oxygens (including phenoxy) is 1. The van der Waals surface area contributed by atoms with Crippen molar-refractivity contribution >= 4 is 0 Å². The molecule has 0 aliphatic heterocycles. The summed E-state index contributed by atoms with van der Waals surface area (Å²) >= 11 is 0. The summed E-state index contributed by atoms with van der Waals surface area (Å²) in [5, 5.41) is 0. The van der Waals surface area contributed by atoms with Crippen molar-refractivity contribution in [2.45, 2.75) is 6.11 Å². The molecule has 65 valence electrons. The summed E-state index contributed by atoms with van der Waals surface area (Å²) in [4.78, 5) is 0. The van der Waals surface area contributed by atoms with E-state index in [0.717, 1.165) is 0 Å². The topological polar surface area (TPSA) is 9.23 Å². The lowest BCUT2D eigenvalue weighted by molar-refractivity contribution is -0.186. The van der Waals surface area contributed by atoms with Crippen molar-refractivity contribution in [1.82, 2.24) is 0 Å². The molecule has 1 rings (SSSR count). The van der Waals surface area contributed by atoms with Gasteiger partial charge in [0.05, 0.1) is 0 Å². The molecule has 1 aromatic rings. The molecule has 0 heterocycles. The molecule has 0 atom stereocenters. The molecule has 0 bridgehead atoms. The van der Waals surface area contributed by atoms with Gasteiger partial charge in [-0.05, 0) is 6.07 Å². The maximum atomic E-state index is 12.2. The third-order valence-electron chi connectivity index (χ3n) is 1.10. The van der Waals surface area contributed by atoms with Crippen LogP contribution in [0, 0.1) is 6.07 Å². The zero-order chi connectivity index (χ0) is 9.03. The van der Waals surface area contributed by atoms with Gasteiger partial charge in [-0.3, -0.25) is 0 Å². The second-order valence-electron chi connectivity index (χ2n) is 2.10. The minimum absolute atomic E-state index is 0.167. The highest BCUT2D eigenvalue weighted by Crippen LogP contribution is 2.20. The fourth-order valence-corrected chi connectivity index (χ4v) is 0.628. The molecule has 0 unspecified atom stereocenters. The van der Waals surface area contributed by atoms with Crippen LogP contribution in [-0.2, 0) is 0 Å². The summed E-state index contributed by atoms with van der Waals surface area (Å²) in [5.74, 6) is -0.167. The van der Waals surface area contributed by atoms with Crippen LogP contribution in [0.3, 0.4) is 0 Å². The van der Waals surface area contributed by atoms with Crippen LogP contribution in [0.15, 0.2) is 24.3 Å². The van der Waals surface area contributed by atoms with E-state index in [1.54, 1.807) is 6.07 Å². The predicted molar refractivity (Wildman–Crippen MR) is 36.8 cm³/mol. The highest BCUT2D eigenvalue weighted by molar-refractivity contribution is 5.19. The fraction of sp³-hybridized carbons (Fsp3) is 0.250. The summed E-state index contributed by atoms with van der Waals surface area (Å²) in [6.45, 7) is -1.84. The SMILES string of the molecule is FCC(F)(F)Oc1[c]cccc1. The van der Waals surface area contributed by atoms with Crippen molar-refractivity contribution in [2.75, 3.05) is 6.67 Å². The summed E-state index contributed by atoms with van der Waals surface area (Å²) in [7, 11) is 0. The van der Waals surface area contributed by atoms with E-state index >= 15 is 0 Å². The van der Waals surface area contributed by atoms with Crippen molar-refractivity contribution < 1.29 is 17.9 Å². The Labute approximate surface area is 67.8 Å². The first kappa shape index (κ1) is 8.90. The van der Waals surface area contributed by atoms with Crippen molar-refractivity contribution in [1.29, 1.82) is 0 Å². The normalized spacial score (nSPS) is 11.2. The van der Waals surface area contributed by atoms with Gasteiger partial charge in [-0.15, -0.1) is 0 Å². The van der Waals surface area contributed by atoms with Crippen LogP contribution >= 0.6 is 0 Å². The minimum atomic E-state index is -3.75. The highest BCUT2D eigenvalue weighted by Gasteiger charge is 2.31. The number of rotatable bonds is 3. The number of alkyl halides is 3. The molecule has 12 heavy (non-hydrogen) atoms. The summed E-state index contributed by atoms with van der Waals surface area (Å²) in [5.41, 5.74) is 0. The Hall–Kier alpha value is -1.19. The van der Waals surface area contributed by atoms with Gasteiger partial charge >= 0.3 is 6.11 Å². The Morgan fingerprint density at radius 1 is 1.42 bits per heavy atom. The molecule has 0 N–H and O–H groups in total. The maximum absolute atomic E-state index is 12.2. The average molecular weight is 175 g/mol. The van der Waals surface area contributed by atoms with Crippen LogP contribution in [0.25, 0.3) is 0 Å². The first-order valence-corrected chi connectivity index (χ1v) is 3.23. The lowest BCUT2D eigenvalue weighted by Crippen LogP contribution is -2.26. The summed E-state index contributed by atoms with van der Waals surface area (Å²) in [6, 6.07) is 8.18. The van der Waals surface area contributed by atoms with E-state index in [9.17, 15) is 13.2 Å². The van der Waals surface area contributed by atoms with Gasteiger partial charge in [0.25, 0.3) is 0 Å². The number of para-hydroxylation sites is 1. The molecule has 0 saturated carbocycles. The van der Waals surface area contributed by atoms with E-state index in [-0.39, 0.29) is 5.75 Å². The van der Waals surface area contributed by atoms with Gasteiger partial charge in [-0.1, -0.05) is 18.2 Å². The Balaban J connectivity index is 2.64. The standard InChI is InChI=1S/C8H6F3O/c9-6-8(10,11)12-7-4-2-1-3-5-7/h1-4H,6H2. The highest BCUT2D eigenvalue weighted by atomic mass is 19.3. The Kier molecular flexibility index (Phi) is 2.58. The van der Waals surface area contributed by atoms with Crippen LogP contribution in [-0.4, -0.2) is 12.8 Å². The quantitative estimate of drug-likeness (QED) is 0.685. The second-order valence-corrected chi connectivity index (χ2v) is 2.10. The van der Waals surface area contributed by atoms with Gasteiger partial charge in [0, 0.05) is 6.07 Å². The lowest BCUT2D eigenvalue weighted by Gasteiger charge is -2.13. The van der Waals surface area contributed by atoms with Crippen molar-refractivity contribution in [3.63, 3.8) is 0 Å². The Morgan fingerprint density at radius 2 is 2.17 bits per heavy atom. The molecule has 0 saturated heterocycles. The zero-order valence-electron chi connectivity index (χ0n) is 6.06. The van der Waals surface area contributed by atoms with E-state index in [2.05, 4.69) is 10.8 Å². The van der Waals surface area contributed by atoms with E-state index < -0.39 is 12.8 Å². The third-order valence-corrected chi connectivity index (χ3v) is 1.10. The summed E-state index contributed by atoms with van der Waals surface area (Å²) < 4.78 is 40.0. The Bertz CT molecular complexity index is 235. The van der Waals surface area contributed by atoms with Gasteiger partial charge in [0.1, 0.15) is 5.75 Å². The molecule has 0 fully saturated rings. The maximum Gasteiger partial charge on any atom is 0.427 e. The average Bonchev–Trinajstić information content (AvgIpc) is 2.06. The van der Waals surface area contributed by atoms with Gasteiger partial charge in [0.2, 0.25) is 0 Å². The molecular weight excluding hydrogens is 169 g/mol. The molecular formula is C8H6F3O. The monoisotopic (exact) mass is 175 g/mol. The largest absolute Gasteiger partial charge is 0.430 e. The van der Waals surface area contributed by atoms with Gasteiger partial charge in [-0.25, -0.2) is 4.39 Å². The smallest absolute Gasteiger partial charge is 0.427 e. The first-order valence-electron chi connectivity index (χ1n) is 3.23. The first-order chi connectivity index (χ1) is 5.64. The predicted octanol–water partition coefficient (Wildman–Crippen LogP) is 2.43. The zero-order valence-corrected chi connectivity index (χ0v) is 6.06. The molecule has 1 radical (unpaired) electrons. The number of benzene rings is 1. The third kappa shape index (κ3) is 2.45. The molecule has 1 aromatic carbocycles. The molecule has 0 spiro atoms. The second kappa shape index (κ2) is 3.47.